The van der Waals surface area contributed by atoms with Crippen LogP contribution in [0.4, 0.5) is 15.8 Å². The summed E-state index contributed by atoms with van der Waals surface area (Å²) in [7, 11) is -3.93. The molecule has 0 radical (unpaired) electrons. The van der Waals surface area contributed by atoms with E-state index >= 15 is 0 Å². The van der Waals surface area contributed by atoms with Crippen LogP contribution in [-0.2, 0) is 16.6 Å². The van der Waals surface area contributed by atoms with E-state index in [1.165, 1.54) is 41.7 Å². The number of benzene rings is 2. The van der Waals surface area contributed by atoms with Crippen molar-refractivity contribution in [1.29, 1.82) is 0 Å². The lowest BCUT2D eigenvalue weighted by Crippen LogP contribution is -2.16. The fourth-order valence-corrected chi connectivity index (χ4v) is 4.25. The van der Waals surface area contributed by atoms with E-state index in [4.69, 9.17) is 0 Å². The number of rotatable bonds is 7. The van der Waals surface area contributed by atoms with Crippen LogP contribution in [0.25, 0.3) is 0 Å². The Morgan fingerprint density at radius 2 is 1.85 bits per heavy atom. The van der Waals surface area contributed by atoms with E-state index in [0.717, 1.165) is 0 Å². The van der Waals surface area contributed by atoms with Gasteiger partial charge in [0.25, 0.3) is 10.0 Å². The Bertz CT molecular complexity index is 1050. The maximum absolute atomic E-state index is 13.0. The van der Waals surface area contributed by atoms with Crippen molar-refractivity contribution < 1.29 is 22.7 Å². The molecule has 0 unspecified atom stereocenters. The summed E-state index contributed by atoms with van der Waals surface area (Å²) in [6.45, 7) is 0.199. The Morgan fingerprint density at radius 3 is 2.48 bits per heavy atom. The van der Waals surface area contributed by atoms with Crippen molar-refractivity contribution in [2.75, 3.05) is 10.0 Å². The highest BCUT2D eigenvalue weighted by molar-refractivity contribution is 7.92. The minimum absolute atomic E-state index is 0.0499. The molecule has 2 aromatic carbocycles. The first-order valence-electron chi connectivity index (χ1n) is 7.76. The first kappa shape index (κ1) is 18.9. The second kappa shape index (κ2) is 7.77. The minimum Gasteiger partial charge on any atom is -0.478 e. The quantitative estimate of drug-likeness (QED) is 0.551. The molecular formula is C18H15FN2O4S2. The Kier molecular flexibility index (Phi) is 5.43. The van der Waals surface area contributed by atoms with Gasteiger partial charge in [0.1, 0.15) is 10.7 Å². The van der Waals surface area contributed by atoms with Gasteiger partial charge in [-0.25, -0.2) is 17.6 Å². The zero-order valence-corrected chi connectivity index (χ0v) is 15.5. The zero-order chi connectivity index (χ0) is 19.4. The molecule has 1 aromatic heterocycles. The molecule has 0 bridgehead atoms. The summed E-state index contributed by atoms with van der Waals surface area (Å²) in [4.78, 5) is 11.2. The SMILES string of the molecule is O=C(O)c1ccc(S(=O)(=O)Nc2ccsc2)c(NCc2ccc(F)cc2)c1. The van der Waals surface area contributed by atoms with Gasteiger partial charge in [-0.15, -0.1) is 0 Å². The van der Waals surface area contributed by atoms with Crippen molar-refractivity contribution in [3.05, 3.63) is 76.2 Å². The third kappa shape index (κ3) is 4.63. The molecule has 9 heteroatoms. The summed E-state index contributed by atoms with van der Waals surface area (Å²) in [5.74, 6) is -1.55. The van der Waals surface area contributed by atoms with Gasteiger partial charge in [-0.3, -0.25) is 4.72 Å². The normalized spacial score (nSPS) is 11.1. The maximum Gasteiger partial charge on any atom is 0.335 e. The molecule has 3 rings (SSSR count). The summed E-state index contributed by atoms with van der Waals surface area (Å²) in [6.07, 6.45) is 0. The second-order valence-corrected chi connectivity index (χ2v) is 8.04. The molecular weight excluding hydrogens is 391 g/mol. The number of nitrogens with one attached hydrogen (secondary N) is 2. The Hall–Kier alpha value is -2.91. The predicted molar refractivity (Wildman–Crippen MR) is 102 cm³/mol. The van der Waals surface area contributed by atoms with E-state index in [1.807, 2.05) is 0 Å². The lowest BCUT2D eigenvalue weighted by atomic mass is 10.2. The Labute approximate surface area is 159 Å². The number of thiophene rings is 1. The van der Waals surface area contributed by atoms with Gasteiger partial charge < -0.3 is 10.4 Å². The van der Waals surface area contributed by atoms with Gasteiger partial charge in [-0.2, -0.15) is 11.3 Å². The summed E-state index contributed by atoms with van der Waals surface area (Å²) in [5, 5.41) is 15.5. The lowest BCUT2D eigenvalue weighted by molar-refractivity contribution is 0.0697. The average Bonchev–Trinajstić information content (AvgIpc) is 3.13. The van der Waals surface area contributed by atoms with E-state index < -0.39 is 16.0 Å². The molecule has 3 aromatic rings. The van der Waals surface area contributed by atoms with Gasteiger partial charge in [0, 0.05) is 11.9 Å². The van der Waals surface area contributed by atoms with Crippen molar-refractivity contribution in [1.82, 2.24) is 0 Å². The number of halogens is 1. The Balaban J connectivity index is 1.92. The molecule has 0 atom stereocenters. The lowest BCUT2D eigenvalue weighted by Gasteiger charge is -2.14. The highest BCUT2D eigenvalue weighted by atomic mass is 32.2. The highest BCUT2D eigenvalue weighted by Gasteiger charge is 2.20. The summed E-state index contributed by atoms with van der Waals surface area (Å²) < 4.78 is 40.9. The molecule has 0 aliphatic heterocycles. The van der Waals surface area contributed by atoms with Gasteiger partial charge in [0.05, 0.1) is 16.9 Å². The molecule has 0 fully saturated rings. The molecule has 3 N–H and O–H groups in total. The minimum atomic E-state index is -3.93. The smallest absolute Gasteiger partial charge is 0.335 e. The Morgan fingerprint density at radius 1 is 1.11 bits per heavy atom. The molecule has 0 aliphatic carbocycles. The fraction of sp³-hybridized carbons (Fsp3) is 0.0556. The number of carboxylic acid groups (broad SMARTS) is 1. The van der Waals surface area contributed by atoms with Crippen molar-refractivity contribution in [3.8, 4) is 0 Å². The summed E-state index contributed by atoms with van der Waals surface area (Å²) in [5.41, 5.74) is 1.23. The van der Waals surface area contributed by atoms with Crippen LogP contribution in [0.15, 0.2) is 64.2 Å². The first-order valence-corrected chi connectivity index (χ1v) is 10.2. The molecule has 0 spiro atoms. The number of hydrogen-bond acceptors (Lipinski definition) is 5. The van der Waals surface area contributed by atoms with Gasteiger partial charge in [-0.05, 0) is 47.3 Å². The van der Waals surface area contributed by atoms with Crippen LogP contribution < -0.4 is 10.0 Å². The fourth-order valence-electron chi connectivity index (χ4n) is 2.37. The molecule has 0 amide bonds. The van der Waals surface area contributed by atoms with Crippen LogP contribution in [0.3, 0.4) is 0 Å². The number of hydrogen-bond donors (Lipinski definition) is 3. The van der Waals surface area contributed by atoms with Crippen LogP contribution >= 0.6 is 11.3 Å². The monoisotopic (exact) mass is 406 g/mol. The molecule has 0 aliphatic rings. The van der Waals surface area contributed by atoms with Gasteiger partial charge in [-0.1, -0.05) is 12.1 Å². The standard InChI is InChI=1S/C18H15FN2O4S2/c19-14-4-1-12(2-5-14)10-20-16-9-13(18(22)23)3-6-17(16)27(24,25)21-15-7-8-26-11-15/h1-9,11,20-21H,10H2,(H,22,23). The maximum atomic E-state index is 13.0. The molecule has 1 heterocycles. The van der Waals surface area contributed by atoms with E-state index in [0.29, 0.717) is 11.3 Å². The van der Waals surface area contributed by atoms with Crippen LogP contribution in [0.5, 0.6) is 0 Å². The number of carboxylic acids is 1. The molecule has 0 saturated carbocycles. The van der Waals surface area contributed by atoms with E-state index in [1.54, 1.807) is 29.0 Å². The molecule has 6 nitrogen and oxygen atoms in total. The van der Waals surface area contributed by atoms with Gasteiger partial charge in [0.15, 0.2) is 0 Å². The number of anilines is 2. The van der Waals surface area contributed by atoms with Crippen LogP contribution in [0.2, 0.25) is 0 Å². The van der Waals surface area contributed by atoms with E-state index in [-0.39, 0.29) is 28.5 Å². The summed E-state index contributed by atoms with van der Waals surface area (Å²) >= 11 is 1.34. The summed E-state index contributed by atoms with van der Waals surface area (Å²) in [6, 6.07) is 11.1. The first-order chi connectivity index (χ1) is 12.8. The molecule has 27 heavy (non-hydrogen) atoms. The largest absolute Gasteiger partial charge is 0.478 e. The number of sulfonamides is 1. The third-order valence-electron chi connectivity index (χ3n) is 3.69. The predicted octanol–water partition coefficient (Wildman–Crippen LogP) is 4.00. The van der Waals surface area contributed by atoms with Crippen LogP contribution in [0, 0.1) is 5.82 Å². The second-order valence-electron chi connectivity index (χ2n) is 5.61. The number of carbonyl (C=O) groups is 1. The zero-order valence-electron chi connectivity index (χ0n) is 13.8. The third-order valence-corrected chi connectivity index (χ3v) is 5.81. The topological polar surface area (TPSA) is 95.5 Å². The van der Waals surface area contributed by atoms with Crippen LogP contribution in [-0.4, -0.2) is 19.5 Å². The van der Waals surface area contributed by atoms with Crippen molar-refractivity contribution in [3.63, 3.8) is 0 Å². The highest BCUT2D eigenvalue weighted by Crippen LogP contribution is 2.26. The van der Waals surface area contributed by atoms with E-state index in [2.05, 4.69) is 10.0 Å². The van der Waals surface area contributed by atoms with Crippen LogP contribution in [0.1, 0.15) is 15.9 Å². The van der Waals surface area contributed by atoms with Crippen molar-refractivity contribution >= 4 is 38.7 Å². The van der Waals surface area contributed by atoms with Gasteiger partial charge >= 0.3 is 5.97 Å². The van der Waals surface area contributed by atoms with Gasteiger partial charge in [0.2, 0.25) is 0 Å². The average molecular weight is 406 g/mol. The van der Waals surface area contributed by atoms with E-state index in [9.17, 15) is 22.7 Å². The molecule has 0 saturated heterocycles. The van der Waals surface area contributed by atoms with Crippen molar-refractivity contribution in [2.24, 2.45) is 0 Å². The van der Waals surface area contributed by atoms with Crippen molar-refractivity contribution in [2.45, 2.75) is 11.4 Å². The molecule has 140 valence electrons. The number of aromatic carboxylic acids is 1.